The summed E-state index contributed by atoms with van der Waals surface area (Å²) in [5.74, 6) is 1.78. The van der Waals surface area contributed by atoms with E-state index in [-0.39, 0.29) is 11.8 Å². The maximum absolute atomic E-state index is 12.1. The van der Waals surface area contributed by atoms with Crippen molar-refractivity contribution in [1.82, 2.24) is 4.31 Å². The molecule has 0 N–H and O–H groups in total. The highest BCUT2D eigenvalue weighted by Gasteiger charge is 2.37. The molecule has 5 heteroatoms. The molecule has 0 bridgehead atoms. The molecule has 0 amide bonds. The highest BCUT2D eigenvalue weighted by molar-refractivity contribution is 7.89. The molecule has 1 fully saturated rings. The van der Waals surface area contributed by atoms with Crippen LogP contribution in [0.4, 0.5) is 0 Å². The standard InChI is InChI=1S/C12H19NO3S/c1-3-8-17(14,15)13(11-5-6-11)9-12-7-4-10(2)16-12/h4,7,11H,3,5-6,8-9H2,1-2H3. The molecule has 0 spiro atoms. The summed E-state index contributed by atoms with van der Waals surface area (Å²) in [7, 11) is -3.12. The van der Waals surface area contributed by atoms with E-state index in [9.17, 15) is 8.42 Å². The molecule has 17 heavy (non-hydrogen) atoms. The van der Waals surface area contributed by atoms with Gasteiger partial charge >= 0.3 is 0 Å². The topological polar surface area (TPSA) is 50.5 Å². The third kappa shape index (κ3) is 3.10. The third-order valence-electron chi connectivity index (χ3n) is 2.88. The smallest absolute Gasteiger partial charge is 0.214 e. The van der Waals surface area contributed by atoms with Crippen LogP contribution in [-0.2, 0) is 16.6 Å². The Kier molecular flexibility index (Phi) is 3.58. The van der Waals surface area contributed by atoms with Crippen LogP contribution < -0.4 is 0 Å². The zero-order valence-electron chi connectivity index (χ0n) is 10.3. The van der Waals surface area contributed by atoms with Crippen molar-refractivity contribution in [3.63, 3.8) is 0 Å². The van der Waals surface area contributed by atoms with Crippen LogP contribution in [0.2, 0.25) is 0 Å². The number of furan rings is 1. The normalized spacial score (nSPS) is 16.6. The molecule has 0 radical (unpaired) electrons. The molecule has 1 aromatic heterocycles. The first kappa shape index (κ1) is 12.6. The largest absolute Gasteiger partial charge is 0.465 e. The summed E-state index contributed by atoms with van der Waals surface area (Å²) >= 11 is 0. The first-order valence-electron chi connectivity index (χ1n) is 6.08. The fourth-order valence-electron chi connectivity index (χ4n) is 1.92. The van der Waals surface area contributed by atoms with Gasteiger partial charge in [0.15, 0.2) is 0 Å². The predicted octanol–water partition coefficient (Wildman–Crippen LogP) is 2.29. The third-order valence-corrected chi connectivity index (χ3v) is 4.95. The van der Waals surface area contributed by atoms with Gasteiger partial charge in [0, 0.05) is 6.04 Å². The molecular formula is C12H19NO3S. The Morgan fingerprint density at radius 3 is 2.59 bits per heavy atom. The van der Waals surface area contributed by atoms with Gasteiger partial charge in [-0.1, -0.05) is 6.92 Å². The molecule has 4 nitrogen and oxygen atoms in total. The van der Waals surface area contributed by atoms with Crippen molar-refractivity contribution in [1.29, 1.82) is 0 Å². The number of rotatable bonds is 6. The lowest BCUT2D eigenvalue weighted by Gasteiger charge is -2.20. The van der Waals surface area contributed by atoms with Gasteiger partial charge in [-0.3, -0.25) is 0 Å². The summed E-state index contributed by atoms with van der Waals surface area (Å²) in [6.07, 6.45) is 2.61. The van der Waals surface area contributed by atoms with E-state index >= 15 is 0 Å². The second kappa shape index (κ2) is 4.82. The number of hydrogen-bond donors (Lipinski definition) is 0. The van der Waals surface area contributed by atoms with Crippen molar-refractivity contribution in [3.8, 4) is 0 Å². The van der Waals surface area contributed by atoms with E-state index in [4.69, 9.17) is 4.42 Å². The van der Waals surface area contributed by atoms with Gasteiger partial charge in [-0.25, -0.2) is 8.42 Å². The van der Waals surface area contributed by atoms with E-state index in [0.717, 1.165) is 24.4 Å². The number of sulfonamides is 1. The van der Waals surface area contributed by atoms with Crippen LogP contribution in [0.5, 0.6) is 0 Å². The van der Waals surface area contributed by atoms with Gasteiger partial charge < -0.3 is 4.42 Å². The van der Waals surface area contributed by atoms with E-state index < -0.39 is 10.0 Å². The molecule has 0 saturated heterocycles. The van der Waals surface area contributed by atoms with Crippen LogP contribution in [0.1, 0.15) is 37.7 Å². The van der Waals surface area contributed by atoms with Crippen LogP contribution in [-0.4, -0.2) is 24.5 Å². The van der Waals surface area contributed by atoms with Crippen molar-refractivity contribution in [2.45, 2.75) is 45.7 Å². The molecule has 2 rings (SSSR count). The minimum atomic E-state index is -3.12. The second-order valence-electron chi connectivity index (χ2n) is 4.60. The average Bonchev–Trinajstić information content (AvgIpc) is 2.99. The van der Waals surface area contributed by atoms with Crippen molar-refractivity contribution >= 4 is 10.0 Å². The summed E-state index contributed by atoms with van der Waals surface area (Å²) < 4.78 is 31.3. The van der Waals surface area contributed by atoms with Gasteiger partial charge in [0.2, 0.25) is 10.0 Å². The number of nitrogens with zero attached hydrogens (tertiary/aromatic N) is 1. The minimum Gasteiger partial charge on any atom is -0.465 e. The van der Waals surface area contributed by atoms with Crippen LogP contribution in [0, 0.1) is 6.92 Å². The van der Waals surface area contributed by atoms with Crippen LogP contribution in [0.15, 0.2) is 16.5 Å². The molecule has 0 unspecified atom stereocenters. The van der Waals surface area contributed by atoms with Crippen molar-refractivity contribution < 1.29 is 12.8 Å². The fraction of sp³-hybridized carbons (Fsp3) is 0.667. The monoisotopic (exact) mass is 257 g/mol. The second-order valence-corrected chi connectivity index (χ2v) is 6.65. The predicted molar refractivity (Wildman–Crippen MR) is 66.1 cm³/mol. The van der Waals surface area contributed by atoms with Crippen LogP contribution in [0.3, 0.4) is 0 Å². The Labute approximate surface area is 103 Å². The summed E-state index contributed by atoms with van der Waals surface area (Å²) in [5.41, 5.74) is 0. The Bertz CT molecular complexity index is 474. The first-order valence-corrected chi connectivity index (χ1v) is 7.68. The minimum absolute atomic E-state index is 0.192. The molecule has 1 aliphatic carbocycles. The fourth-order valence-corrected chi connectivity index (χ4v) is 3.66. The van der Waals surface area contributed by atoms with E-state index in [2.05, 4.69) is 0 Å². The zero-order valence-corrected chi connectivity index (χ0v) is 11.2. The van der Waals surface area contributed by atoms with Gasteiger partial charge in [0.05, 0.1) is 12.3 Å². The van der Waals surface area contributed by atoms with Crippen molar-refractivity contribution in [3.05, 3.63) is 23.7 Å². The Balaban J connectivity index is 2.13. The summed E-state index contributed by atoms with van der Waals surface area (Å²) in [4.78, 5) is 0. The highest BCUT2D eigenvalue weighted by atomic mass is 32.2. The molecule has 0 aliphatic heterocycles. The molecule has 1 aromatic rings. The highest BCUT2D eigenvalue weighted by Crippen LogP contribution is 2.31. The quantitative estimate of drug-likeness (QED) is 0.785. The molecule has 1 heterocycles. The first-order chi connectivity index (χ1) is 8.03. The summed E-state index contributed by atoms with van der Waals surface area (Å²) in [5, 5.41) is 0. The van der Waals surface area contributed by atoms with Crippen molar-refractivity contribution in [2.75, 3.05) is 5.75 Å². The van der Waals surface area contributed by atoms with Gasteiger partial charge in [-0.2, -0.15) is 4.31 Å². The molecular weight excluding hydrogens is 238 g/mol. The zero-order chi connectivity index (χ0) is 12.5. The lowest BCUT2D eigenvalue weighted by Crippen LogP contribution is -2.34. The van der Waals surface area contributed by atoms with Gasteiger partial charge in [-0.05, 0) is 38.3 Å². The summed E-state index contributed by atoms with van der Waals surface area (Å²) in [6.45, 7) is 4.13. The molecule has 0 atom stereocenters. The number of aryl methyl sites for hydroxylation is 1. The van der Waals surface area contributed by atoms with Gasteiger partial charge in [0.1, 0.15) is 11.5 Å². The lowest BCUT2D eigenvalue weighted by molar-refractivity contribution is 0.351. The maximum atomic E-state index is 12.1. The SMILES string of the molecule is CCCS(=O)(=O)N(Cc1ccc(C)o1)C1CC1. The number of hydrogen-bond acceptors (Lipinski definition) is 3. The van der Waals surface area contributed by atoms with E-state index in [1.54, 1.807) is 4.31 Å². The maximum Gasteiger partial charge on any atom is 0.214 e. The molecule has 96 valence electrons. The Hall–Kier alpha value is -0.810. The van der Waals surface area contributed by atoms with Crippen molar-refractivity contribution in [2.24, 2.45) is 0 Å². The summed E-state index contributed by atoms with van der Waals surface area (Å²) in [6, 6.07) is 3.91. The molecule has 0 aromatic carbocycles. The van der Waals surface area contributed by atoms with Crippen LogP contribution >= 0.6 is 0 Å². The Morgan fingerprint density at radius 2 is 2.12 bits per heavy atom. The van der Waals surface area contributed by atoms with Crippen LogP contribution in [0.25, 0.3) is 0 Å². The van der Waals surface area contributed by atoms with Gasteiger partial charge in [0.25, 0.3) is 0 Å². The van der Waals surface area contributed by atoms with E-state index in [1.807, 2.05) is 26.0 Å². The molecule has 1 aliphatic rings. The van der Waals surface area contributed by atoms with E-state index in [1.165, 1.54) is 0 Å². The van der Waals surface area contributed by atoms with E-state index in [0.29, 0.717) is 13.0 Å². The molecule has 1 saturated carbocycles. The average molecular weight is 257 g/mol. The Morgan fingerprint density at radius 1 is 1.41 bits per heavy atom. The lowest BCUT2D eigenvalue weighted by atomic mass is 10.4. The van der Waals surface area contributed by atoms with Gasteiger partial charge in [-0.15, -0.1) is 0 Å².